The van der Waals surface area contributed by atoms with Gasteiger partial charge in [0.05, 0.1) is 0 Å². The minimum atomic E-state index is -0.551. The van der Waals surface area contributed by atoms with Crippen molar-refractivity contribution in [3.05, 3.63) is 70.7 Å². The molecule has 0 saturated carbocycles. The standard InChI is InChI=1S/C24H31ClN2O2S/c1-4-18(2)26-24(29)19(3)27(16-21-11-8-12-22(25)15-21)23(28)13-14-30-17-20-9-6-5-7-10-20/h5-12,15,18-19H,4,13-14,16-17H2,1-3H3,(H,26,29). The van der Waals surface area contributed by atoms with Crippen molar-refractivity contribution in [2.75, 3.05) is 5.75 Å². The van der Waals surface area contributed by atoms with E-state index in [1.165, 1.54) is 5.56 Å². The highest BCUT2D eigenvalue weighted by molar-refractivity contribution is 7.98. The summed E-state index contributed by atoms with van der Waals surface area (Å²) in [5.74, 6) is 1.42. The number of hydrogen-bond acceptors (Lipinski definition) is 3. The zero-order chi connectivity index (χ0) is 21.9. The van der Waals surface area contributed by atoms with Crippen molar-refractivity contribution in [2.45, 2.75) is 58.0 Å². The smallest absolute Gasteiger partial charge is 0.242 e. The lowest BCUT2D eigenvalue weighted by Gasteiger charge is -2.29. The maximum Gasteiger partial charge on any atom is 0.242 e. The van der Waals surface area contributed by atoms with Crippen LogP contribution < -0.4 is 5.32 Å². The Balaban J connectivity index is 2.01. The number of carbonyl (C=O) groups excluding carboxylic acids is 2. The van der Waals surface area contributed by atoms with Crippen LogP contribution in [0.5, 0.6) is 0 Å². The number of rotatable bonds is 11. The summed E-state index contributed by atoms with van der Waals surface area (Å²) in [6.45, 7) is 6.14. The molecule has 0 aliphatic heterocycles. The fraction of sp³-hybridized carbons (Fsp3) is 0.417. The molecule has 2 atom stereocenters. The van der Waals surface area contributed by atoms with Crippen LogP contribution in [-0.2, 0) is 21.9 Å². The van der Waals surface area contributed by atoms with Crippen molar-refractivity contribution < 1.29 is 9.59 Å². The van der Waals surface area contributed by atoms with Crippen LogP contribution in [-0.4, -0.2) is 34.6 Å². The van der Waals surface area contributed by atoms with Gasteiger partial charge in [-0.1, -0.05) is 61.0 Å². The summed E-state index contributed by atoms with van der Waals surface area (Å²) in [5.41, 5.74) is 2.16. The summed E-state index contributed by atoms with van der Waals surface area (Å²) in [5, 5.41) is 3.61. The highest BCUT2D eigenvalue weighted by Crippen LogP contribution is 2.18. The van der Waals surface area contributed by atoms with Crippen molar-refractivity contribution in [1.29, 1.82) is 0 Å². The molecule has 1 N–H and O–H groups in total. The molecule has 0 aromatic heterocycles. The van der Waals surface area contributed by atoms with E-state index in [4.69, 9.17) is 11.6 Å². The van der Waals surface area contributed by atoms with Gasteiger partial charge in [0.2, 0.25) is 11.8 Å². The third kappa shape index (κ3) is 8.04. The largest absolute Gasteiger partial charge is 0.352 e. The van der Waals surface area contributed by atoms with Gasteiger partial charge in [-0.25, -0.2) is 0 Å². The first-order chi connectivity index (χ1) is 14.4. The van der Waals surface area contributed by atoms with Gasteiger partial charge in [0.1, 0.15) is 6.04 Å². The summed E-state index contributed by atoms with van der Waals surface area (Å²) < 4.78 is 0. The molecule has 2 aromatic carbocycles. The first kappa shape index (κ1) is 24.3. The van der Waals surface area contributed by atoms with Crippen LogP contribution in [0.15, 0.2) is 54.6 Å². The van der Waals surface area contributed by atoms with Crippen molar-refractivity contribution in [3.8, 4) is 0 Å². The maximum absolute atomic E-state index is 13.0. The van der Waals surface area contributed by atoms with Crippen molar-refractivity contribution in [3.63, 3.8) is 0 Å². The molecule has 2 rings (SSSR count). The second-order valence-corrected chi connectivity index (χ2v) is 8.98. The Labute approximate surface area is 189 Å². The van der Waals surface area contributed by atoms with Crippen LogP contribution in [0.25, 0.3) is 0 Å². The zero-order valence-electron chi connectivity index (χ0n) is 17.9. The fourth-order valence-corrected chi connectivity index (χ4v) is 4.05. The molecule has 0 radical (unpaired) electrons. The molecule has 4 nitrogen and oxygen atoms in total. The van der Waals surface area contributed by atoms with Crippen LogP contribution in [0.2, 0.25) is 5.02 Å². The molecule has 2 unspecified atom stereocenters. The van der Waals surface area contributed by atoms with Gasteiger partial charge < -0.3 is 10.2 Å². The number of nitrogens with zero attached hydrogens (tertiary/aromatic N) is 1. The minimum absolute atomic E-state index is 0.0256. The Morgan fingerprint density at radius 2 is 1.77 bits per heavy atom. The van der Waals surface area contributed by atoms with Crippen molar-refractivity contribution in [1.82, 2.24) is 10.2 Å². The van der Waals surface area contributed by atoms with E-state index in [-0.39, 0.29) is 17.9 Å². The molecule has 0 aliphatic rings. The predicted octanol–water partition coefficient (Wildman–Crippen LogP) is 5.30. The number of nitrogens with one attached hydrogen (secondary N) is 1. The number of benzene rings is 2. The minimum Gasteiger partial charge on any atom is -0.352 e. The summed E-state index contributed by atoms with van der Waals surface area (Å²) in [6.07, 6.45) is 1.23. The third-order valence-corrected chi connectivity index (χ3v) is 6.25. The molecule has 2 aromatic rings. The molecule has 0 saturated heterocycles. The van der Waals surface area contributed by atoms with E-state index in [0.717, 1.165) is 17.7 Å². The first-order valence-electron chi connectivity index (χ1n) is 10.4. The first-order valence-corrected chi connectivity index (χ1v) is 11.9. The topological polar surface area (TPSA) is 49.4 Å². The molecule has 30 heavy (non-hydrogen) atoms. The highest BCUT2D eigenvalue weighted by atomic mass is 35.5. The van der Waals surface area contributed by atoms with Gasteiger partial charge in [-0.3, -0.25) is 9.59 Å². The summed E-state index contributed by atoms with van der Waals surface area (Å²) in [7, 11) is 0. The van der Waals surface area contributed by atoms with Crippen LogP contribution in [0.3, 0.4) is 0 Å². The molecule has 0 bridgehead atoms. The number of thioether (sulfide) groups is 1. The van der Waals surface area contributed by atoms with Crippen LogP contribution >= 0.6 is 23.4 Å². The Morgan fingerprint density at radius 1 is 1.07 bits per heavy atom. The maximum atomic E-state index is 13.0. The van der Waals surface area contributed by atoms with Gasteiger partial charge in [0, 0.05) is 35.5 Å². The highest BCUT2D eigenvalue weighted by Gasteiger charge is 2.26. The molecule has 162 valence electrons. The molecule has 2 amide bonds. The van der Waals surface area contributed by atoms with E-state index in [1.807, 2.05) is 50.2 Å². The summed E-state index contributed by atoms with van der Waals surface area (Å²) in [6, 6.07) is 17.2. The van der Waals surface area contributed by atoms with Crippen molar-refractivity contribution >= 4 is 35.2 Å². The van der Waals surface area contributed by atoms with Gasteiger partial charge in [-0.05, 0) is 43.5 Å². The van der Waals surface area contributed by atoms with Crippen molar-refractivity contribution in [2.24, 2.45) is 0 Å². The molecule has 0 fully saturated rings. The van der Waals surface area contributed by atoms with Gasteiger partial charge >= 0.3 is 0 Å². The lowest BCUT2D eigenvalue weighted by Crippen LogP contribution is -2.49. The lowest BCUT2D eigenvalue weighted by molar-refractivity contribution is -0.140. The van der Waals surface area contributed by atoms with Gasteiger partial charge in [-0.15, -0.1) is 0 Å². The zero-order valence-corrected chi connectivity index (χ0v) is 19.5. The van der Waals surface area contributed by atoms with Crippen LogP contribution in [0, 0.1) is 0 Å². The average Bonchev–Trinajstić information content (AvgIpc) is 2.75. The lowest BCUT2D eigenvalue weighted by atomic mass is 10.1. The van der Waals surface area contributed by atoms with Gasteiger partial charge in [0.25, 0.3) is 0 Å². The molecular weight excluding hydrogens is 416 g/mol. The number of hydrogen-bond donors (Lipinski definition) is 1. The second-order valence-electron chi connectivity index (χ2n) is 7.43. The number of halogens is 1. The number of carbonyl (C=O) groups is 2. The Bertz CT molecular complexity index is 816. The SMILES string of the molecule is CCC(C)NC(=O)C(C)N(Cc1cccc(Cl)c1)C(=O)CCSCc1ccccc1. The van der Waals surface area contributed by atoms with E-state index in [0.29, 0.717) is 23.7 Å². The predicted molar refractivity (Wildman–Crippen MR) is 127 cm³/mol. The van der Waals surface area contributed by atoms with Gasteiger partial charge in [-0.2, -0.15) is 11.8 Å². The van der Waals surface area contributed by atoms with E-state index in [9.17, 15) is 9.59 Å². The summed E-state index contributed by atoms with van der Waals surface area (Å²) >= 11 is 7.84. The molecule has 0 spiro atoms. The quantitative estimate of drug-likeness (QED) is 0.477. The molecule has 0 aliphatic carbocycles. The van der Waals surface area contributed by atoms with E-state index >= 15 is 0 Å². The van der Waals surface area contributed by atoms with Gasteiger partial charge in [0.15, 0.2) is 0 Å². The average molecular weight is 447 g/mol. The Morgan fingerprint density at radius 3 is 2.43 bits per heavy atom. The molecular formula is C24H31ClN2O2S. The number of amides is 2. The molecule has 6 heteroatoms. The van der Waals surface area contributed by atoms with Crippen LogP contribution in [0.1, 0.15) is 44.7 Å². The normalized spacial score (nSPS) is 12.8. The van der Waals surface area contributed by atoms with E-state index in [2.05, 4.69) is 17.4 Å². The fourth-order valence-electron chi connectivity index (χ4n) is 2.95. The second kappa shape index (κ2) is 12.7. The van der Waals surface area contributed by atoms with Crippen LogP contribution in [0.4, 0.5) is 0 Å². The molecule has 0 heterocycles. The monoisotopic (exact) mass is 446 g/mol. The summed E-state index contributed by atoms with van der Waals surface area (Å²) in [4.78, 5) is 27.4. The Kier molecular flexibility index (Phi) is 10.2. The van der Waals surface area contributed by atoms with E-state index in [1.54, 1.807) is 29.7 Å². The third-order valence-electron chi connectivity index (χ3n) is 4.98. The Hall–Kier alpha value is -1.98. The van der Waals surface area contributed by atoms with E-state index < -0.39 is 6.04 Å².